The van der Waals surface area contributed by atoms with E-state index < -0.39 is 11.7 Å². The number of hydrogen-bond donors (Lipinski definition) is 2. The lowest BCUT2D eigenvalue weighted by Crippen LogP contribution is -2.04. The normalized spacial score (nSPS) is 13.5. The van der Waals surface area contributed by atoms with Crippen LogP contribution in [-0.4, -0.2) is 18.3 Å². The summed E-state index contributed by atoms with van der Waals surface area (Å²) in [6.45, 7) is 0.722. The van der Waals surface area contributed by atoms with Crippen molar-refractivity contribution < 1.29 is 22.6 Å². The second kappa shape index (κ2) is 6.81. The number of halogens is 3. The number of benzene rings is 2. The van der Waals surface area contributed by atoms with Gasteiger partial charge in [0.1, 0.15) is 0 Å². The molecule has 0 amide bonds. The van der Waals surface area contributed by atoms with Gasteiger partial charge in [0.2, 0.25) is 6.79 Å². The Labute approximate surface area is 154 Å². The molecule has 2 aromatic carbocycles. The fraction of sp³-hybridized carbons (Fsp3) is 0.300. The number of ether oxygens (including phenoxy) is 2. The fourth-order valence-electron chi connectivity index (χ4n) is 3.43. The Balaban J connectivity index is 1.84. The zero-order valence-corrected chi connectivity index (χ0v) is 14.5. The molecule has 4 rings (SSSR count). The third kappa shape index (κ3) is 3.35. The van der Waals surface area contributed by atoms with E-state index in [1.165, 1.54) is 12.1 Å². The van der Waals surface area contributed by atoms with Gasteiger partial charge in [-0.2, -0.15) is 13.2 Å². The van der Waals surface area contributed by atoms with Crippen molar-refractivity contribution in [3.8, 4) is 22.8 Å². The summed E-state index contributed by atoms with van der Waals surface area (Å²) in [5.41, 5.74) is 8.14. The summed E-state index contributed by atoms with van der Waals surface area (Å²) in [6, 6.07) is 9.36. The molecule has 27 heavy (non-hydrogen) atoms. The van der Waals surface area contributed by atoms with E-state index in [1.807, 2.05) is 18.2 Å². The van der Waals surface area contributed by atoms with E-state index in [0.29, 0.717) is 35.4 Å². The molecular weight excluding hydrogens is 357 g/mol. The number of unbranched alkanes of at least 4 members (excludes halogenated alkanes) is 1. The SMILES string of the molecule is NCCCCc1c(-c2ccc3c(c2)OCO3)[nH]c2ccc(C(F)(F)F)cc12. The molecule has 2 heterocycles. The van der Waals surface area contributed by atoms with E-state index in [2.05, 4.69) is 4.98 Å². The highest BCUT2D eigenvalue weighted by Crippen LogP contribution is 2.40. The Morgan fingerprint density at radius 1 is 1.00 bits per heavy atom. The van der Waals surface area contributed by atoms with Crippen LogP contribution >= 0.6 is 0 Å². The van der Waals surface area contributed by atoms with Crippen LogP contribution in [0.3, 0.4) is 0 Å². The van der Waals surface area contributed by atoms with E-state index in [4.69, 9.17) is 15.2 Å². The Hall–Kier alpha value is -2.67. The monoisotopic (exact) mass is 376 g/mol. The maximum atomic E-state index is 13.2. The average Bonchev–Trinajstić information content (AvgIpc) is 3.24. The van der Waals surface area contributed by atoms with Crippen LogP contribution in [0.15, 0.2) is 36.4 Å². The van der Waals surface area contributed by atoms with E-state index in [1.54, 1.807) is 0 Å². The molecule has 7 heteroatoms. The van der Waals surface area contributed by atoms with Crippen LogP contribution in [0.1, 0.15) is 24.0 Å². The molecule has 1 aliphatic heterocycles. The summed E-state index contributed by atoms with van der Waals surface area (Å²) >= 11 is 0. The van der Waals surface area contributed by atoms with Crippen molar-refractivity contribution in [1.29, 1.82) is 0 Å². The van der Waals surface area contributed by atoms with Crippen molar-refractivity contribution >= 4 is 10.9 Å². The second-order valence-corrected chi connectivity index (χ2v) is 6.55. The van der Waals surface area contributed by atoms with Crippen molar-refractivity contribution in [2.45, 2.75) is 25.4 Å². The van der Waals surface area contributed by atoms with Crippen molar-refractivity contribution in [1.82, 2.24) is 4.98 Å². The lowest BCUT2D eigenvalue weighted by atomic mass is 9.99. The summed E-state index contributed by atoms with van der Waals surface area (Å²) in [5.74, 6) is 1.30. The molecule has 3 aromatic rings. The van der Waals surface area contributed by atoms with Crippen molar-refractivity contribution in [2.24, 2.45) is 5.73 Å². The van der Waals surface area contributed by atoms with Crippen molar-refractivity contribution in [2.75, 3.05) is 13.3 Å². The minimum atomic E-state index is -4.38. The van der Waals surface area contributed by atoms with Gasteiger partial charge in [-0.25, -0.2) is 0 Å². The van der Waals surface area contributed by atoms with E-state index in [0.717, 1.165) is 35.7 Å². The first-order valence-electron chi connectivity index (χ1n) is 8.79. The molecule has 0 spiro atoms. The number of aryl methyl sites for hydroxylation is 1. The van der Waals surface area contributed by atoms with Gasteiger partial charge in [-0.05, 0) is 67.8 Å². The third-order valence-corrected chi connectivity index (χ3v) is 4.78. The number of hydrogen-bond acceptors (Lipinski definition) is 3. The van der Waals surface area contributed by atoms with Gasteiger partial charge >= 0.3 is 6.18 Å². The predicted octanol–water partition coefficient (Wildman–Crippen LogP) is 4.86. The van der Waals surface area contributed by atoms with Gasteiger partial charge in [0, 0.05) is 22.2 Å². The molecule has 1 aromatic heterocycles. The summed E-state index contributed by atoms with van der Waals surface area (Å²) in [6.07, 6.45) is -2.12. The van der Waals surface area contributed by atoms with Crippen LogP contribution in [0.2, 0.25) is 0 Å². The van der Waals surface area contributed by atoms with E-state index in [9.17, 15) is 13.2 Å². The molecule has 4 nitrogen and oxygen atoms in total. The van der Waals surface area contributed by atoms with Crippen LogP contribution in [0.5, 0.6) is 11.5 Å². The van der Waals surface area contributed by atoms with Crippen molar-refractivity contribution in [3.63, 3.8) is 0 Å². The Morgan fingerprint density at radius 3 is 2.59 bits per heavy atom. The first-order chi connectivity index (χ1) is 13.0. The molecule has 0 radical (unpaired) electrons. The predicted molar refractivity (Wildman–Crippen MR) is 96.9 cm³/mol. The highest BCUT2D eigenvalue weighted by molar-refractivity contribution is 5.91. The smallest absolute Gasteiger partial charge is 0.416 e. The number of aromatic amines is 1. The molecule has 0 aliphatic carbocycles. The molecule has 0 saturated heterocycles. The first kappa shape index (κ1) is 17.7. The van der Waals surface area contributed by atoms with Gasteiger partial charge in [0.25, 0.3) is 0 Å². The number of H-pyrrole nitrogens is 1. The number of rotatable bonds is 5. The molecule has 0 bridgehead atoms. The van der Waals surface area contributed by atoms with Crippen LogP contribution in [0.25, 0.3) is 22.2 Å². The maximum absolute atomic E-state index is 13.2. The molecule has 0 fully saturated rings. The molecule has 0 saturated carbocycles. The Kier molecular flexibility index (Phi) is 4.47. The molecule has 3 N–H and O–H groups in total. The zero-order valence-electron chi connectivity index (χ0n) is 14.5. The molecule has 142 valence electrons. The van der Waals surface area contributed by atoms with Crippen LogP contribution in [0, 0.1) is 0 Å². The molecule has 1 aliphatic rings. The van der Waals surface area contributed by atoms with Gasteiger partial charge in [-0.1, -0.05) is 0 Å². The largest absolute Gasteiger partial charge is 0.454 e. The lowest BCUT2D eigenvalue weighted by molar-refractivity contribution is -0.137. The summed E-state index contributed by atoms with van der Waals surface area (Å²) in [5, 5.41) is 0.592. The summed E-state index contributed by atoms with van der Waals surface area (Å²) in [4.78, 5) is 3.28. The van der Waals surface area contributed by atoms with Gasteiger partial charge < -0.3 is 20.2 Å². The fourth-order valence-corrected chi connectivity index (χ4v) is 3.43. The van der Waals surface area contributed by atoms with E-state index in [-0.39, 0.29) is 6.79 Å². The highest BCUT2D eigenvalue weighted by atomic mass is 19.4. The van der Waals surface area contributed by atoms with E-state index >= 15 is 0 Å². The summed E-state index contributed by atoms with van der Waals surface area (Å²) < 4.78 is 50.3. The quantitative estimate of drug-likeness (QED) is 0.625. The number of aromatic nitrogens is 1. The van der Waals surface area contributed by atoms with Crippen LogP contribution in [0.4, 0.5) is 13.2 Å². The lowest BCUT2D eigenvalue weighted by Gasteiger charge is -2.08. The van der Waals surface area contributed by atoms with Crippen molar-refractivity contribution in [3.05, 3.63) is 47.5 Å². The zero-order chi connectivity index (χ0) is 19.0. The molecular formula is C20H19F3N2O2. The molecule has 0 atom stereocenters. The highest BCUT2D eigenvalue weighted by Gasteiger charge is 2.31. The van der Waals surface area contributed by atoms with Gasteiger partial charge in [-0.15, -0.1) is 0 Å². The van der Waals surface area contributed by atoms with Gasteiger partial charge in [0.15, 0.2) is 11.5 Å². The Morgan fingerprint density at radius 2 is 1.81 bits per heavy atom. The number of alkyl halides is 3. The van der Waals surface area contributed by atoms with Crippen LogP contribution < -0.4 is 15.2 Å². The topological polar surface area (TPSA) is 60.3 Å². The maximum Gasteiger partial charge on any atom is 0.416 e. The minimum Gasteiger partial charge on any atom is -0.454 e. The number of fused-ring (bicyclic) bond motifs is 2. The standard InChI is InChI=1S/C20H19F3N2O2/c21-20(22,23)13-5-6-16-15(10-13)14(3-1-2-8-24)19(25-16)12-4-7-17-18(9-12)27-11-26-17/h4-7,9-10,25H,1-3,8,11,24H2. The number of nitrogens with one attached hydrogen (secondary N) is 1. The minimum absolute atomic E-state index is 0.170. The van der Waals surface area contributed by atoms with Gasteiger partial charge in [-0.3, -0.25) is 0 Å². The first-order valence-corrected chi connectivity index (χ1v) is 8.79. The summed E-state index contributed by atoms with van der Waals surface area (Å²) in [7, 11) is 0. The average molecular weight is 376 g/mol. The number of nitrogens with two attached hydrogens (primary N) is 1. The Bertz CT molecular complexity index is 979. The van der Waals surface area contributed by atoms with Crippen LogP contribution in [-0.2, 0) is 12.6 Å². The molecule has 0 unspecified atom stereocenters. The second-order valence-electron chi connectivity index (χ2n) is 6.55. The van der Waals surface area contributed by atoms with Gasteiger partial charge in [0.05, 0.1) is 5.56 Å². The third-order valence-electron chi connectivity index (χ3n) is 4.78.